The second-order valence-electron chi connectivity index (χ2n) is 4.18. The number of hydrogen-bond donors (Lipinski definition) is 0. The van der Waals surface area contributed by atoms with Gasteiger partial charge < -0.3 is 4.74 Å². The Balaban J connectivity index is 1.86. The van der Waals surface area contributed by atoms with E-state index in [0.29, 0.717) is 16.6 Å². The molecule has 3 rings (SSSR count). The van der Waals surface area contributed by atoms with Gasteiger partial charge in [-0.2, -0.15) is 5.10 Å². The maximum absolute atomic E-state index is 6.12. The van der Waals surface area contributed by atoms with Crippen molar-refractivity contribution in [2.75, 3.05) is 0 Å². The number of halogens is 2. The van der Waals surface area contributed by atoms with Crippen LogP contribution in [0.1, 0.15) is 5.82 Å². The molecule has 0 saturated carbocycles. The zero-order valence-corrected chi connectivity index (χ0v) is 13.5. The van der Waals surface area contributed by atoms with E-state index in [2.05, 4.69) is 37.7 Å². The first-order valence-electron chi connectivity index (χ1n) is 5.86. The predicted octanol–water partition coefficient (Wildman–Crippen LogP) is 3.20. The molecule has 0 aliphatic heterocycles. The SMILES string of the molecule is Cn1ncc2c(Cl)nc(COc3cccc(I)c3)nc21. The summed E-state index contributed by atoms with van der Waals surface area (Å²) < 4.78 is 8.45. The Labute approximate surface area is 134 Å². The maximum atomic E-state index is 6.12. The maximum Gasteiger partial charge on any atom is 0.170 e. The Morgan fingerprint density at radius 2 is 2.20 bits per heavy atom. The summed E-state index contributed by atoms with van der Waals surface area (Å²) >= 11 is 8.36. The Hall–Kier alpha value is -1.41. The van der Waals surface area contributed by atoms with E-state index in [1.54, 1.807) is 10.9 Å². The third kappa shape index (κ3) is 2.71. The van der Waals surface area contributed by atoms with Crippen molar-refractivity contribution >= 4 is 45.2 Å². The summed E-state index contributed by atoms with van der Waals surface area (Å²) in [4.78, 5) is 8.64. The fourth-order valence-corrected chi connectivity index (χ4v) is 2.54. The summed E-state index contributed by atoms with van der Waals surface area (Å²) in [6.45, 7) is 0.265. The highest BCUT2D eigenvalue weighted by Gasteiger charge is 2.10. The minimum absolute atomic E-state index is 0.265. The highest BCUT2D eigenvalue weighted by molar-refractivity contribution is 14.1. The molecule has 5 nitrogen and oxygen atoms in total. The molecule has 2 heterocycles. The molecule has 0 radical (unpaired) electrons. The van der Waals surface area contributed by atoms with E-state index in [1.807, 2.05) is 31.3 Å². The number of aromatic nitrogens is 4. The average molecular weight is 401 g/mol. The van der Waals surface area contributed by atoms with Gasteiger partial charge >= 0.3 is 0 Å². The van der Waals surface area contributed by atoms with Crippen molar-refractivity contribution in [3.8, 4) is 5.75 Å². The first kappa shape index (κ1) is 13.6. The van der Waals surface area contributed by atoms with Crippen LogP contribution in [-0.4, -0.2) is 19.7 Å². The molecule has 102 valence electrons. The molecular weight excluding hydrogens is 391 g/mol. The number of ether oxygens (including phenoxy) is 1. The van der Waals surface area contributed by atoms with E-state index < -0.39 is 0 Å². The van der Waals surface area contributed by atoms with Gasteiger partial charge in [0.2, 0.25) is 0 Å². The molecule has 3 aromatic rings. The first-order valence-corrected chi connectivity index (χ1v) is 7.31. The fourth-order valence-electron chi connectivity index (χ4n) is 1.80. The molecule has 0 saturated heterocycles. The fraction of sp³-hybridized carbons (Fsp3) is 0.154. The number of rotatable bonds is 3. The Bertz CT molecular complexity index is 774. The number of nitrogens with zero attached hydrogens (tertiary/aromatic N) is 4. The van der Waals surface area contributed by atoms with Crippen LogP contribution in [0.15, 0.2) is 30.5 Å². The average Bonchev–Trinajstić information content (AvgIpc) is 2.79. The third-order valence-electron chi connectivity index (χ3n) is 2.76. The zero-order valence-electron chi connectivity index (χ0n) is 10.5. The minimum atomic E-state index is 0.265. The molecule has 20 heavy (non-hydrogen) atoms. The molecular formula is C13H10ClIN4O. The highest BCUT2D eigenvalue weighted by Crippen LogP contribution is 2.20. The lowest BCUT2D eigenvalue weighted by Crippen LogP contribution is -2.04. The van der Waals surface area contributed by atoms with Crippen LogP contribution in [0, 0.1) is 3.57 Å². The van der Waals surface area contributed by atoms with Crippen LogP contribution >= 0.6 is 34.2 Å². The molecule has 0 spiro atoms. The van der Waals surface area contributed by atoms with Gasteiger partial charge in [0.1, 0.15) is 17.5 Å². The Morgan fingerprint density at radius 1 is 1.35 bits per heavy atom. The van der Waals surface area contributed by atoms with Crippen molar-refractivity contribution in [2.24, 2.45) is 7.05 Å². The van der Waals surface area contributed by atoms with Gasteiger partial charge in [-0.1, -0.05) is 17.7 Å². The van der Waals surface area contributed by atoms with Gasteiger partial charge in [0.15, 0.2) is 11.5 Å². The van der Waals surface area contributed by atoms with Gasteiger partial charge in [0.25, 0.3) is 0 Å². The Kier molecular flexibility index (Phi) is 3.75. The topological polar surface area (TPSA) is 52.8 Å². The van der Waals surface area contributed by atoms with Gasteiger partial charge in [-0.3, -0.25) is 4.68 Å². The van der Waals surface area contributed by atoms with Crippen molar-refractivity contribution in [3.63, 3.8) is 0 Å². The zero-order chi connectivity index (χ0) is 14.1. The number of fused-ring (bicyclic) bond motifs is 1. The summed E-state index contributed by atoms with van der Waals surface area (Å²) in [5, 5.41) is 5.25. The highest BCUT2D eigenvalue weighted by atomic mass is 127. The summed E-state index contributed by atoms with van der Waals surface area (Å²) in [5.74, 6) is 1.31. The molecule has 0 atom stereocenters. The molecule has 7 heteroatoms. The summed E-state index contributed by atoms with van der Waals surface area (Å²) in [6, 6.07) is 7.79. The first-order chi connectivity index (χ1) is 9.63. The lowest BCUT2D eigenvalue weighted by Gasteiger charge is -2.06. The second-order valence-corrected chi connectivity index (χ2v) is 5.79. The summed E-state index contributed by atoms with van der Waals surface area (Å²) in [6.07, 6.45) is 1.65. The summed E-state index contributed by atoms with van der Waals surface area (Å²) in [5.41, 5.74) is 0.700. The Morgan fingerprint density at radius 3 is 3.00 bits per heavy atom. The number of benzene rings is 1. The monoisotopic (exact) mass is 400 g/mol. The van der Waals surface area contributed by atoms with Crippen LogP contribution in [0.2, 0.25) is 5.15 Å². The van der Waals surface area contributed by atoms with Crippen molar-refractivity contribution in [1.29, 1.82) is 0 Å². The quantitative estimate of drug-likeness (QED) is 0.500. The number of aryl methyl sites for hydroxylation is 1. The number of hydrogen-bond acceptors (Lipinski definition) is 4. The van der Waals surface area contributed by atoms with Gasteiger partial charge in [-0.25, -0.2) is 9.97 Å². The molecule has 2 aromatic heterocycles. The molecule has 0 amide bonds. The van der Waals surface area contributed by atoms with E-state index in [9.17, 15) is 0 Å². The van der Waals surface area contributed by atoms with Crippen LogP contribution < -0.4 is 4.74 Å². The van der Waals surface area contributed by atoms with Crippen molar-refractivity contribution in [2.45, 2.75) is 6.61 Å². The van der Waals surface area contributed by atoms with E-state index in [4.69, 9.17) is 16.3 Å². The van der Waals surface area contributed by atoms with Gasteiger partial charge in [0, 0.05) is 10.6 Å². The minimum Gasteiger partial charge on any atom is -0.486 e. The second kappa shape index (κ2) is 5.53. The summed E-state index contributed by atoms with van der Waals surface area (Å²) in [7, 11) is 1.82. The van der Waals surface area contributed by atoms with Crippen LogP contribution in [0.3, 0.4) is 0 Å². The molecule has 0 aliphatic carbocycles. The molecule has 0 unspecified atom stereocenters. The van der Waals surface area contributed by atoms with Crippen molar-refractivity contribution in [1.82, 2.24) is 19.7 Å². The van der Waals surface area contributed by atoms with Crippen LogP contribution in [-0.2, 0) is 13.7 Å². The molecule has 1 aromatic carbocycles. The largest absolute Gasteiger partial charge is 0.486 e. The van der Waals surface area contributed by atoms with Crippen molar-refractivity contribution < 1.29 is 4.74 Å². The molecule has 0 fully saturated rings. The predicted molar refractivity (Wildman–Crippen MR) is 84.8 cm³/mol. The van der Waals surface area contributed by atoms with Crippen LogP contribution in [0.4, 0.5) is 0 Å². The smallest absolute Gasteiger partial charge is 0.170 e. The van der Waals surface area contributed by atoms with E-state index >= 15 is 0 Å². The normalized spacial score (nSPS) is 10.9. The van der Waals surface area contributed by atoms with Gasteiger partial charge in [0.05, 0.1) is 11.6 Å². The van der Waals surface area contributed by atoms with Crippen LogP contribution in [0.25, 0.3) is 11.0 Å². The van der Waals surface area contributed by atoms with Gasteiger partial charge in [-0.15, -0.1) is 0 Å². The van der Waals surface area contributed by atoms with Crippen LogP contribution in [0.5, 0.6) is 5.75 Å². The standard InChI is InChI=1S/C13H10ClIN4O/c1-19-13-10(6-16-19)12(14)17-11(18-13)7-20-9-4-2-3-8(15)5-9/h2-6H,7H2,1H3. The lowest BCUT2D eigenvalue weighted by molar-refractivity contribution is 0.296. The molecule has 0 N–H and O–H groups in total. The lowest BCUT2D eigenvalue weighted by atomic mass is 10.3. The molecule has 0 bridgehead atoms. The van der Waals surface area contributed by atoms with E-state index in [-0.39, 0.29) is 6.61 Å². The van der Waals surface area contributed by atoms with E-state index in [0.717, 1.165) is 14.7 Å². The third-order valence-corrected chi connectivity index (χ3v) is 3.72. The van der Waals surface area contributed by atoms with Crippen molar-refractivity contribution in [3.05, 3.63) is 45.0 Å². The molecule has 0 aliphatic rings. The van der Waals surface area contributed by atoms with E-state index in [1.165, 1.54) is 0 Å². The van der Waals surface area contributed by atoms with Gasteiger partial charge in [-0.05, 0) is 40.8 Å².